The number of benzene rings is 2. The van der Waals surface area contributed by atoms with Crippen molar-refractivity contribution in [3.05, 3.63) is 80.6 Å². The number of para-hydroxylation sites is 1. The minimum absolute atomic E-state index is 0.0334. The molecular weight excluding hydrogens is 362 g/mol. The Morgan fingerprint density at radius 3 is 2.71 bits per heavy atom. The van der Waals surface area contributed by atoms with Crippen molar-refractivity contribution in [1.82, 2.24) is 15.5 Å². The third kappa shape index (κ3) is 3.01. The van der Waals surface area contributed by atoms with Gasteiger partial charge in [0.15, 0.2) is 11.3 Å². The second-order valence-electron chi connectivity index (χ2n) is 6.05. The summed E-state index contributed by atoms with van der Waals surface area (Å²) >= 11 is 0. The Hall–Kier alpha value is -3.94. The number of carbonyl (C=O) groups is 1. The van der Waals surface area contributed by atoms with Gasteiger partial charge in [0.2, 0.25) is 0 Å². The summed E-state index contributed by atoms with van der Waals surface area (Å²) in [5.74, 6) is -0.194. The molecule has 0 aliphatic carbocycles. The zero-order chi connectivity index (χ0) is 19.7. The molecule has 0 aliphatic rings. The van der Waals surface area contributed by atoms with Crippen LogP contribution in [0.25, 0.3) is 21.7 Å². The third-order valence-electron chi connectivity index (χ3n) is 4.38. The van der Waals surface area contributed by atoms with E-state index in [9.17, 15) is 14.4 Å². The summed E-state index contributed by atoms with van der Waals surface area (Å²) in [6.45, 7) is 0.0334. The molecular formula is C20H15N3O5. The molecule has 0 radical (unpaired) electrons. The number of aromatic amines is 1. The standard InChI is InChI=1S/C20H15N3O5/c1-27-16-8-4-5-11-9-14(20(26)28-17(11)16)18(24)21-10-15-12-6-2-3-7-13(12)19(25)23-22-15/h2-9H,10H2,1H3,(H,21,24)(H,23,25). The van der Waals surface area contributed by atoms with E-state index in [0.29, 0.717) is 27.6 Å². The number of ether oxygens (including phenoxy) is 1. The summed E-state index contributed by atoms with van der Waals surface area (Å²) in [6, 6.07) is 13.5. The van der Waals surface area contributed by atoms with Gasteiger partial charge >= 0.3 is 5.63 Å². The van der Waals surface area contributed by atoms with Crippen molar-refractivity contribution < 1.29 is 13.9 Å². The first kappa shape index (κ1) is 17.5. The van der Waals surface area contributed by atoms with E-state index in [-0.39, 0.29) is 23.3 Å². The van der Waals surface area contributed by atoms with Gasteiger partial charge in [-0.15, -0.1) is 0 Å². The minimum atomic E-state index is -0.770. The highest BCUT2D eigenvalue weighted by Gasteiger charge is 2.16. The highest BCUT2D eigenvalue weighted by molar-refractivity contribution is 5.97. The van der Waals surface area contributed by atoms with Crippen LogP contribution < -0.4 is 21.2 Å². The Morgan fingerprint density at radius 2 is 1.93 bits per heavy atom. The van der Waals surface area contributed by atoms with Crippen LogP contribution in [0.15, 0.2) is 62.5 Å². The average Bonchev–Trinajstić information content (AvgIpc) is 2.72. The lowest BCUT2D eigenvalue weighted by atomic mass is 10.1. The number of fused-ring (bicyclic) bond motifs is 2. The molecule has 0 saturated heterocycles. The van der Waals surface area contributed by atoms with E-state index in [0.717, 1.165) is 0 Å². The van der Waals surface area contributed by atoms with Gasteiger partial charge in [0, 0.05) is 10.8 Å². The molecule has 0 spiro atoms. The fraction of sp³-hybridized carbons (Fsp3) is 0.100. The summed E-state index contributed by atoms with van der Waals surface area (Å²) in [4.78, 5) is 36.6. The van der Waals surface area contributed by atoms with Crippen LogP contribution in [0.5, 0.6) is 5.75 Å². The molecule has 2 aromatic heterocycles. The van der Waals surface area contributed by atoms with Gasteiger partial charge in [-0.25, -0.2) is 9.89 Å². The van der Waals surface area contributed by atoms with Gasteiger partial charge in [0.05, 0.1) is 24.7 Å². The predicted molar refractivity (Wildman–Crippen MR) is 103 cm³/mol. The van der Waals surface area contributed by atoms with Crippen LogP contribution in [0, 0.1) is 0 Å². The van der Waals surface area contributed by atoms with E-state index in [1.807, 2.05) is 0 Å². The molecule has 8 heteroatoms. The van der Waals surface area contributed by atoms with Gasteiger partial charge in [-0.3, -0.25) is 9.59 Å². The smallest absolute Gasteiger partial charge is 0.349 e. The molecule has 0 bridgehead atoms. The van der Waals surface area contributed by atoms with Crippen LogP contribution in [0.3, 0.4) is 0 Å². The number of aromatic nitrogens is 2. The van der Waals surface area contributed by atoms with Gasteiger partial charge in [-0.2, -0.15) is 5.10 Å². The van der Waals surface area contributed by atoms with Crippen LogP contribution in [0.4, 0.5) is 0 Å². The first-order chi connectivity index (χ1) is 13.6. The Labute approximate surface area is 157 Å². The van der Waals surface area contributed by atoms with Crippen LogP contribution in [0.2, 0.25) is 0 Å². The van der Waals surface area contributed by atoms with Crippen LogP contribution in [-0.4, -0.2) is 23.2 Å². The van der Waals surface area contributed by atoms with Crippen molar-refractivity contribution in [3.63, 3.8) is 0 Å². The normalized spacial score (nSPS) is 10.9. The Kier molecular flexibility index (Phi) is 4.36. The van der Waals surface area contributed by atoms with Gasteiger partial charge in [0.25, 0.3) is 11.5 Å². The first-order valence-corrected chi connectivity index (χ1v) is 8.44. The molecule has 2 aromatic carbocycles. The van der Waals surface area contributed by atoms with E-state index >= 15 is 0 Å². The molecule has 8 nitrogen and oxygen atoms in total. The Balaban J connectivity index is 1.65. The zero-order valence-corrected chi connectivity index (χ0v) is 14.8. The summed E-state index contributed by atoms with van der Waals surface area (Å²) in [6.07, 6.45) is 0. The number of nitrogens with zero attached hydrogens (tertiary/aromatic N) is 1. The molecule has 2 heterocycles. The number of methoxy groups -OCH3 is 1. The highest BCUT2D eigenvalue weighted by Crippen LogP contribution is 2.24. The van der Waals surface area contributed by atoms with Crippen molar-refractivity contribution in [2.45, 2.75) is 6.54 Å². The van der Waals surface area contributed by atoms with Crippen molar-refractivity contribution in [3.8, 4) is 5.75 Å². The number of carbonyl (C=O) groups excluding carboxylic acids is 1. The molecule has 4 rings (SSSR count). The molecule has 0 atom stereocenters. The van der Waals surface area contributed by atoms with Gasteiger partial charge in [-0.1, -0.05) is 30.3 Å². The summed E-state index contributed by atoms with van der Waals surface area (Å²) in [7, 11) is 1.47. The van der Waals surface area contributed by atoms with E-state index in [1.165, 1.54) is 13.2 Å². The van der Waals surface area contributed by atoms with Crippen molar-refractivity contribution >= 4 is 27.6 Å². The largest absolute Gasteiger partial charge is 0.493 e. The van der Waals surface area contributed by atoms with E-state index < -0.39 is 11.5 Å². The Morgan fingerprint density at radius 1 is 1.14 bits per heavy atom. The van der Waals surface area contributed by atoms with Crippen LogP contribution in [-0.2, 0) is 6.54 Å². The quantitative estimate of drug-likeness (QED) is 0.526. The van der Waals surface area contributed by atoms with E-state index in [1.54, 1.807) is 42.5 Å². The van der Waals surface area contributed by atoms with Crippen molar-refractivity contribution in [2.24, 2.45) is 0 Å². The molecule has 0 fully saturated rings. The lowest BCUT2D eigenvalue weighted by molar-refractivity contribution is 0.0947. The SMILES string of the molecule is COc1cccc2cc(C(=O)NCc3n[nH]c(=O)c4ccccc34)c(=O)oc12. The highest BCUT2D eigenvalue weighted by atomic mass is 16.5. The van der Waals surface area contributed by atoms with E-state index in [2.05, 4.69) is 15.5 Å². The number of H-pyrrole nitrogens is 1. The molecule has 1 amide bonds. The molecule has 4 aromatic rings. The number of amides is 1. The Bertz CT molecular complexity index is 1320. The molecule has 140 valence electrons. The van der Waals surface area contributed by atoms with E-state index in [4.69, 9.17) is 9.15 Å². The van der Waals surface area contributed by atoms with Crippen LogP contribution >= 0.6 is 0 Å². The topological polar surface area (TPSA) is 114 Å². The maximum Gasteiger partial charge on any atom is 0.349 e. The predicted octanol–water partition coefficient (Wildman–Crippen LogP) is 1.97. The minimum Gasteiger partial charge on any atom is -0.493 e. The maximum atomic E-state index is 12.5. The lowest BCUT2D eigenvalue weighted by Crippen LogP contribution is -2.28. The lowest BCUT2D eigenvalue weighted by Gasteiger charge is -2.08. The maximum absolute atomic E-state index is 12.5. The fourth-order valence-corrected chi connectivity index (χ4v) is 3.00. The summed E-state index contributed by atoms with van der Waals surface area (Å²) in [5, 5.41) is 10.7. The summed E-state index contributed by atoms with van der Waals surface area (Å²) in [5.41, 5.74) is -0.451. The van der Waals surface area contributed by atoms with Crippen molar-refractivity contribution in [1.29, 1.82) is 0 Å². The van der Waals surface area contributed by atoms with Gasteiger partial charge in [-0.05, 0) is 18.2 Å². The second-order valence-corrected chi connectivity index (χ2v) is 6.05. The third-order valence-corrected chi connectivity index (χ3v) is 4.38. The zero-order valence-electron chi connectivity index (χ0n) is 14.8. The first-order valence-electron chi connectivity index (χ1n) is 8.44. The summed E-state index contributed by atoms with van der Waals surface area (Å²) < 4.78 is 10.4. The number of hydrogen-bond acceptors (Lipinski definition) is 6. The number of hydrogen-bond donors (Lipinski definition) is 2. The van der Waals surface area contributed by atoms with Crippen LogP contribution in [0.1, 0.15) is 16.1 Å². The molecule has 0 unspecified atom stereocenters. The van der Waals surface area contributed by atoms with Gasteiger partial charge < -0.3 is 14.5 Å². The average molecular weight is 377 g/mol. The van der Waals surface area contributed by atoms with Gasteiger partial charge in [0.1, 0.15) is 5.56 Å². The number of rotatable bonds is 4. The monoisotopic (exact) mass is 377 g/mol. The second kappa shape index (κ2) is 6.99. The molecule has 28 heavy (non-hydrogen) atoms. The molecule has 0 aliphatic heterocycles. The van der Waals surface area contributed by atoms with Crippen molar-refractivity contribution in [2.75, 3.05) is 7.11 Å². The molecule has 0 saturated carbocycles. The fourth-order valence-electron chi connectivity index (χ4n) is 3.00. The number of nitrogens with one attached hydrogen (secondary N) is 2. The molecule has 2 N–H and O–H groups in total.